The van der Waals surface area contributed by atoms with Crippen molar-refractivity contribution in [1.29, 1.82) is 0 Å². The molecule has 21 heavy (non-hydrogen) atoms. The van der Waals surface area contributed by atoms with Crippen LogP contribution in [-0.2, 0) is 0 Å². The lowest BCUT2D eigenvalue weighted by atomic mass is 9.78. The van der Waals surface area contributed by atoms with Gasteiger partial charge >= 0.3 is 0 Å². The van der Waals surface area contributed by atoms with E-state index in [1.54, 1.807) is 18.2 Å². The molecule has 1 unspecified atom stereocenters. The first-order valence-corrected chi connectivity index (χ1v) is 7.96. The molecule has 1 saturated heterocycles. The Morgan fingerprint density at radius 2 is 2.14 bits per heavy atom. The van der Waals surface area contributed by atoms with Gasteiger partial charge in [0, 0.05) is 5.56 Å². The molecule has 1 aromatic rings. The maximum atomic E-state index is 13.0. The second kappa shape index (κ2) is 5.98. The van der Waals surface area contributed by atoms with Gasteiger partial charge in [0.1, 0.15) is 0 Å². The standard InChI is InChI=1S/C17H25ClN2O/c1-16(2,3)8-9-17(7-4-10-20-17)15(21)12-5-6-14(19)13(18)11-12/h5-6,11,20H,4,7-10,19H2,1-3H3. The van der Waals surface area contributed by atoms with E-state index in [-0.39, 0.29) is 11.2 Å². The van der Waals surface area contributed by atoms with Crippen molar-refractivity contribution in [2.75, 3.05) is 12.3 Å². The van der Waals surface area contributed by atoms with Crippen molar-refractivity contribution in [2.45, 2.75) is 52.0 Å². The number of ketones is 1. The highest BCUT2D eigenvalue weighted by Gasteiger charge is 2.41. The number of Topliss-reactive ketones (excluding diaryl/α,β-unsaturated/α-hetero) is 1. The summed E-state index contributed by atoms with van der Waals surface area (Å²) in [4.78, 5) is 13.0. The van der Waals surface area contributed by atoms with Crippen molar-refractivity contribution >= 4 is 23.1 Å². The van der Waals surface area contributed by atoms with Gasteiger partial charge in [0.05, 0.1) is 16.2 Å². The molecular formula is C17H25ClN2O. The smallest absolute Gasteiger partial charge is 0.182 e. The van der Waals surface area contributed by atoms with E-state index in [1.807, 2.05) is 0 Å². The fourth-order valence-corrected chi connectivity index (χ4v) is 3.04. The van der Waals surface area contributed by atoms with Gasteiger partial charge in [-0.05, 0) is 55.8 Å². The Morgan fingerprint density at radius 1 is 1.43 bits per heavy atom. The van der Waals surface area contributed by atoms with Crippen molar-refractivity contribution in [3.8, 4) is 0 Å². The molecule has 4 heteroatoms. The molecule has 0 spiro atoms. The molecule has 116 valence electrons. The molecule has 1 aliphatic heterocycles. The van der Waals surface area contributed by atoms with Crippen molar-refractivity contribution in [1.82, 2.24) is 5.32 Å². The monoisotopic (exact) mass is 308 g/mol. The van der Waals surface area contributed by atoms with Crippen molar-refractivity contribution < 1.29 is 4.79 Å². The normalized spacial score (nSPS) is 22.5. The van der Waals surface area contributed by atoms with Crippen LogP contribution in [0.1, 0.15) is 56.8 Å². The molecule has 0 radical (unpaired) electrons. The summed E-state index contributed by atoms with van der Waals surface area (Å²) >= 11 is 6.06. The van der Waals surface area contributed by atoms with Gasteiger partial charge in [0.2, 0.25) is 0 Å². The Hall–Kier alpha value is -1.06. The van der Waals surface area contributed by atoms with Crippen molar-refractivity contribution in [2.24, 2.45) is 5.41 Å². The van der Waals surface area contributed by atoms with Gasteiger partial charge in [-0.25, -0.2) is 0 Å². The summed E-state index contributed by atoms with van der Waals surface area (Å²) in [5, 5.41) is 3.90. The highest BCUT2D eigenvalue weighted by Crippen LogP contribution is 2.34. The number of rotatable bonds is 4. The van der Waals surface area contributed by atoms with E-state index < -0.39 is 5.54 Å². The van der Waals surface area contributed by atoms with Crippen LogP contribution in [0.4, 0.5) is 5.69 Å². The molecule has 2 rings (SSSR count). The van der Waals surface area contributed by atoms with Crippen LogP contribution in [0.5, 0.6) is 0 Å². The molecule has 0 amide bonds. The van der Waals surface area contributed by atoms with Crippen LogP contribution in [0.15, 0.2) is 18.2 Å². The van der Waals surface area contributed by atoms with Gasteiger partial charge < -0.3 is 11.1 Å². The van der Waals surface area contributed by atoms with Crippen molar-refractivity contribution in [3.63, 3.8) is 0 Å². The Labute approximate surface area is 132 Å². The zero-order chi connectivity index (χ0) is 15.7. The fraction of sp³-hybridized carbons (Fsp3) is 0.588. The minimum Gasteiger partial charge on any atom is -0.398 e. The minimum atomic E-state index is -0.438. The minimum absolute atomic E-state index is 0.145. The van der Waals surface area contributed by atoms with Crippen LogP contribution in [0, 0.1) is 5.41 Å². The number of nitrogens with two attached hydrogens (primary N) is 1. The average Bonchev–Trinajstić information content (AvgIpc) is 2.88. The molecule has 1 aliphatic rings. The number of anilines is 1. The Bertz CT molecular complexity index is 528. The first kappa shape index (κ1) is 16.3. The lowest BCUT2D eigenvalue weighted by Gasteiger charge is -2.31. The quantitative estimate of drug-likeness (QED) is 0.651. The third kappa shape index (κ3) is 3.78. The summed E-state index contributed by atoms with van der Waals surface area (Å²) < 4.78 is 0. The van der Waals surface area contributed by atoms with Crippen LogP contribution in [0.2, 0.25) is 5.02 Å². The number of benzene rings is 1. The second-order valence-electron chi connectivity index (χ2n) is 7.24. The predicted molar refractivity (Wildman–Crippen MR) is 88.9 cm³/mol. The Balaban J connectivity index is 2.24. The average molecular weight is 309 g/mol. The lowest BCUT2D eigenvalue weighted by molar-refractivity contribution is 0.0845. The number of carbonyl (C=O) groups excluding carboxylic acids is 1. The number of halogens is 1. The van der Waals surface area contributed by atoms with Crippen LogP contribution in [0.25, 0.3) is 0 Å². The summed E-state index contributed by atoms with van der Waals surface area (Å²) in [6, 6.07) is 5.18. The number of nitrogen functional groups attached to an aromatic ring is 1. The molecule has 0 aromatic heterocycles. The van der Waals surface area contributed by atoms with E-state index in [9.17, 15) is 4.79 Å². The van der Waals surface area contributed by atoms with Crippen LogP contribution in [0.3, 0.4) is 0 Å². The zero-order valence-electron chi connectivity index (χ0n) is 13.1. The van der Waals surface area contributed by atoms with Crippen molar-refractivity contribution in [3.05, 3.63) is 28.8 Å². The van der Waals surface area contributed by atoms with Crippen LogP contribution in [-0.4, -0.2) is 17.9 Å². The molecule has 1 atom stereocenters. The molecule has 0 bridgehead atoms. The van der Waals surface area contributed by atoms with Gasteiger partial charge in [0.25, 0.3) is 0 Å². The zero-order valence-corrected chi connectivity index (χ0v) is 13.9. The highest BCUT2D eigenvalue weighted by atomic mass is 35.5. The summed E-state index contributed by atoms with van der Waals surface area (Å²) in [6.45, 7) is 7.53. The van der Waals surface area contributed by atoms with E-state index in [4.69, 9.17) is 17.3 Å². The summed E-state index contributed by atoms with van der Waals surface area (Å²) in [6.07, 6.45) is 3.80. The number of carbonyl (C=O) groups is 1. The molecule has 0 aliphatic carbocycles. The molecule has 1 fully saturated rings. The van der Waals surface area contributed by atoms with E-state index in [1.165, 1.54) is 0 Å². The predicted octanol–water partition coefficient (Wildman–Crippen LogP) is 4.05. The Morgan fingerprint density at radius 3 is 2.67 bits per heavy atom. The van der Waals surface area contributed by atoms with Gasteiger partial charge in [0.15, 0.2) is 5.78 Å². The number of hydrogen-bond donors (Lipinski definition) is 2. The van der Waals surface area contributed by atoms with Crippen LogP contribution >= 0.6 is 11.6 Å². The SMILES string of the molecule is CC(C)(C)CCC1(C(=O)c2ccc(N)c(Cl)c2)CCCN1. The Kier molecular flexibility index (Phi) is 4.64. The summed E-state index contributed by atoms with van der Waals surface area (Å²) in [5.41, 5.74) is 6.67. The van der Waals surface area contributed by atoms with E-state index in [2.05, 4.69) is 26.1 Å². The topological polar surface area (TPSA) is 55.1 Å². The molecule has 1 aromatic carbocycles. The number of nitrogens with one attached hydrogen (secondary N) is 1. The lowest BCUT2D eigenvalue weighted by Crippen LogP contribution is -2.48. The molecule has 1 heterocycles. The van der Waals surface area contributed by atoms with Gasteiger partial charge in [-0.15, -0.1) is 0 Å². The van der Waals surface area contributed by atoms with Gasteiger partial charge in [-0.3, -0.25) is 4.79 Å². The van der Waals surface area contributed by atoms with E-state index in [0.717, 1.165) is 32.2 Å². The van der Waals surface area contributed by atoms with E-state index >= 15 is 0 Å². The van der Waals surface area contributed by atoms with Gasteiger partial charge in [-0.1, -0.05) is 32.4 Å². The second-order valence-corrected chi connectivity index (χ2v) is 7.65. The summed E-state index contributed by atoms with van der Waals surface area (Å²) in [5.74, 6) is 0.145. The highest BCUT2D eigenvalue weighted by molar-refractivity contribution is 6.33. The first-order chi connectivity index (χ1) is 9.73. The summed E-state index contributed by atoms with van der Waals surface area (Å²) in [7, 11) is 0. The maximum absolute atomic E-state index is 13.0. The molecule has 3 nitrogen and oxygen atoms in total. The molecule has 0 saturated carbocycles. The molecule has 3 N–H and O–H groups in total. The first-order valence-electron chi connectivity index (χ1n) is 7.58. The van der Waals surface area contributed by atoms with Crippen LogP contribution < -0.4 is 11.1 Å². The number of hydrogen-bond acceptors (Lipinski definition) is 3. The maximum Gasteiger partial charge on any atom is 0.182 e. The fourth-order valence-electron chi connectivity index (χ4n) is 2.86. The largest absolute Gasteiger partial charge is 0.398 e. The van der Waals surface area contributed by atoms with E-state index in [0.29, 0.717) is 16.3 Å². The third-order valence-electron chi connectivity index (χ3n) is 4.24. The van der Waals surface area contributed by atoms with Gasteiger partial charge in [-0.2, -0.15) is 0 Å². The third-order valence-corrected chi connectivity index (χ3v) is 4.57. The molecular weight excluding hydrogens is 284 g/mol.